The zero-order valence-corrected chi connectivity index (χ0v) is 13.1. The van der Waals surface area contributed by atoms with Crippen LogP contribution in [0.3, 0.4) is 0 Å². The smallest absolute Gasteiger partial charge is 0.287 e. The maximum absolute atomic E-state index is 12.2. The molecule has 2 rings (SSSR count). The average molecular weight is 301 g/mol. The molecule has 1 aromatic heterocycles. The zero-order chi connectivity index (χ0) is 13.8. The van der Waals surface area contributed by atoms with Crippen LogP contribution in [0.15, 0.2) is 10.5 Å². The van der Waals surface area contributed by atoms with Gasteiger partial charge in [0.05, 0.1) is 0 Å². The fourth-order valence-corrected chi connectivity index (χ4v) is 2.90. The molecule has 114 valence electrons. The lowest BCUT2D eigenvalue weighted by molar-refractivity contribution is 0.0878. The predicted molar refractivity (Wildman–Crippen MR) is 82.3 cm³/mol. The van der Waals surface area contributed by atoms with Gasteiger partial charge in [-0.05, 0) is 43.9 Å². The third-order valence-electron chi connectivity index (χ3n) is 4.09. The van der Waals surface area contributed by atoms with E-state index in [-0.39, 0.29) is 24.4 Å². The van der Waals surface area contributed by atoms with Gasteiger partial charge in [0.15, 0.2) is 5.76 Å². The van der Waals surface area contributed by atoms with E-state index in [1.54, 1.807) is 0 Å². The Morgan fingerprint density at radius 2 is 2.15 bits per heavy atom. The van der Waals surface area contributed by atoms with E-state index >= 15 is 0 Å². The third-order valence-corrected chi connectivity index (χ3v) is 4.09. The summed E-state index contributed by atoms with van der Waals surface area (Å²) < 4.78 is 5.59. The van der Waals surface area contributed by atoms with Crippen molar-refractivity contribution in [3.63, 3.8) is 0 Å². The minimum atomic E-state index is -0.104. The number of amides is 1. The number of carbonyl (C=O) groups is 1. The van der Waals surface area contributed by atoms with Crippen LogP contribution in [0, 0.1) is 12.8 Å². The fourth-order valence-electron chi connectivity index (χ4n) is 2.90. The first-order chi connectivity index (χ1) is 9.15. The molecule has 5 heteroatoms. The van der Waals surface area contributed by atoms with Crippen molar-refractivity contribution in [2.24, 2.45) is 11.7 Å². The molecule has 1 heterocycles. The molecule has 2 atom stereocenters. The van der Waals surface area contributed by atoms with Crippen molar-refractivity contribution in [1.82, 2.24) is 5.32 Å². The van der Waals surface area contributed by atoms with Crippen LogP contribution in [0.2, 0.25) is 0 Å². The Hall–Kier alpha value is -1.00. The molecule has 0 spiro atoms. The van der Waals surface area contributed by atoms with E-state index in [1.165, 1.54) is 12.8 Å². The Balaban J connectivity index is 0.00000200. The summed E-state index contributed by atoms with van der Waals surface area (Å²) in [5, 5.41) is 3.09. The molecule has 1 saturated carbocycles. The Bertz CT molecular complexity index is 445. The summed E-state index contributed by atoms with van der Waals surface area (Å²) in [6.07, 6.45) is 5.33. The van der Waals surface area contributed by atoms with E-state index in [0.717, 1.165) is 30.6 Å². The lowest BCUT2D eigenvalue weighted by atomic mass is 9.84. The molecule has 0 bridgehead atoms. The van der Waals surface area contributed by atoms with Crippen LogP contribution in [0.5, 0.6) is 0 Å². The minimum absolute atomic E-state index is 0. The SMILES string of the molecule is CCc1oc(C(=O)NC2CCCCC2CN)cc1C.Cl. The fraction of sp³-hybridized carbons (Fsp3) is 0.667. The molecule has 0 aromatic carbocycles. The number of hydrogen-bond acceptors (Lipinski definition) is 3. The van der Waals surface area contributed by atoms with Gasteiger partial charge in [-0.1, -0.05) is 19.8 Å². The highest BCUT2D eigenvalue weighted by Gasteiger charge is 2.26. The highest BCUT2D eigenvalue weighted by molar-refractivity contribution is 5.92. The second-order valence-corrected chi connectivity index (χ2v) is 5.43. The molecule has 3 N–H and O–H groups in total. The Labute approximate surface area is 126 Å². The first kappa shape index (κ1) is 17.1. The first-order valence-electron chi connectivity index (χ1n) is 7.26. The Morgan fingerprint density at radius 3 is 2.75 bits per heavy atom. The van der Waals surface area contributed by atoms with E-state index in [2.05, 4.69) is 5.32 Å². The van der Waals surface area contributed by atoms with Crippen molar-refractivity contribution in [2.75, 3.05) is 6.54 Å². The molecule has 1 aromatic rings. The molecule has 4 nitrogen and oxygen atoms in total. The lowest BCUT2D eigenvalue weighted by Crippen LogP contribution is -2.44. The summed E-state index contributed by atoms with van der Waals surface area (Å²) in [7, 11) is 0. The molecule has 0 aliphatic heterocycles. The number of rotatable bonds is 4. The van der Waals surface area contributed by atoms with Gasteiger partial charge in [0.2, 0.25) is 0 Å². The molecule has 1 aliphatic rings. The van der Waals surface area contributed by atoms with E-state index in [1.807, 2.05) is 19.9 Å². The Morgan fingerprint density at radius 1 is 1.45 bits per heavy atom. The van der Waals surface area contributed by atoms with Gasteiger partial charge in [0.25, 0.3) is 5.91 Å². The first-order valence-corrected chi connectivity index (χ1v) is 7.26. The Kier molecular flexibility index (Phi) is 6.56. The van der Waals surface area contributed by atoms with Gasteiger partial charge in [-0.25, -0.2) is 0 Å². The van der Waals surface area contributed by atoms with Gasteiger partial charge < -0.3 is 15.5 Å². The van der Waals surface area contributed by atoms with E-state index in [4.69, 9.17) is 10.2 Å². The third kappa shape index (κ3) is 3.76. The van der Waals surface area contributed by atoms with Crippen molar-refractivity contribution >= 4 is 18.3 Å². The van der Waals surface area contributed by atoms with Crippen molar-refractivity contribution in [3.8, 4) is 0 Å². The minimum Gasteiger partial charge on any atom is -0.456 e. The normalized spacial score (nSPS) is 22.1. The number of hydrogen-bond donors (Lipinski definition) is 2. The number of nitrogens with one attached hydrogen (secondary N) is 1. The standard InChI is InChI=1S/C15H24N2O2.ClH/c1-3-13-10(2)8-14(19-13)15(18)17-12-7-5-4-6-11(12)9-16;/h8,11-12H,3-7,9,16H2,1-2H3,(H,17,18);1H. The van der Waals surface area contributed by atoms with Crippen LogP contribution < -0.4 is 11.1 Å². The number of nitrogens with two attached hydrogens (primary N) is 1. The van der Waals surface area contributed by atoms with Crippen molar-refractivity contribution in [3.05, 3.63) is 23.2 Å². The number of aryl methyl sites for hydroxylation is 2. The summed E-state index contributed by atoms with van der Waals surface area (Å²) in [6.45, 7) is 4.64. The van der Waals surface area contributed by atoms with Crippen molar-refractivity contribution < 1.29 is 9.21 Å². The molecule has 0 saturated heterocycles. The number of carbonyl (C=O) groups excluding carboxylic acids is 1. The summed E-state index contributed by atoms with van der Waals surface area (Å²) in [5.74, 6) is 1.62. The molecule has 1 amide bonds. The van der Waals surface area contributed by atoms with Crippen LogP contribution in [-0.4, -0.2) is 18.5 Å². The van der Waals surface area contributed by atoms with Crippen LogP contribution >= 0.6 is 12.4 Å². The van der Waals surface area contributed by atoms with Crippen molar-refractivity contribution in [1.29, 1.82) is 0 Å². The second kappa shape index (κ2) is 7.70. The van der Waals surface area contributed by atoms with Gasteiger partial charge in [-0.3, -0.25) is 4.79 Å². The van der Waals surface area contributed by atoms with Crippen LogP contribution in [0.25, 0.3) is 0 Å². The maximum atomic E-state index is 12.2. The number of halogens is 1. The lowest BCUT2D eigenvalue weighted by Gasteiger charge is -2.30. The summed E-state index contributed by atoms with van der Waals surface area (Å²) in [5.41, 5.74) is 6.83. The topological polar surface area (TPSA) is 68.3 Å². The highest BCUT2D eigenvalue weighted by Crippen LogP contribution is 2.24. The largest absolute Gasteiger partial charge is 0.456 e. The molecule has 20 heavy (non-hydrogen) atoms. The van der Waals surface area contributed by atoms with E-state index in [9.17, 15) is 4.79 Å². The van der Waals surface area contributed by atoms with E-state index < -0.39 is 0 Å². The van der Waals surface area contributed by atoms with Gasteiger partial charge >= 0.3 is 0 Å². The molecular formula is C15H25ClN2O2. The van der Waals surface area contributed by atoms with Gasteiger partial charge in [-0.15, -0.1) is 12.4 Å². The van der Waals surface area contributed by atoms with Gasteiger partial charge in [0, 0.05) is 12.5 Å². The summed E-state index contributed by atoms with van der Waals surface area (Å²) in [6, 6.07) is 2.02. The zero-order valence-electron chi connectivity index (χ0n) is 12.3. The second-order valence-electron chi connectivity index (χ2n) is 5.43. The highest BCUT2D eigenvalue weighted by atomic mass is 35.5. The molecule has 1 aliphatic carbocycles. The van der Waals surface area contributed by atoms with Gasteiger partial charge in [-0.2, -0.15) is 0 Å². The predicted octanol–water partition coefficient (Wildman–Crippen LogP) is 2.82. The molecule has 1 fully saturated rings. The number of furan rings is 1. The van der Waals surface area contributed by atoms with Crippen LogP contribution in [-0.2, 0) is 6.42 Å². The van der Waals surface area contributed by atoms with Gasteiger partial charge in [0.1, 0.15) is 5.76 Å². The van der Waals surface area contributed by atoms with Crippen LogP contribution in [0.4, 0.5) is 0 Å². The summed E-state index contributed by atoms with van der Waals surface area (Å²) in [4.78, 5) is 12.2. The monoisotopic (exact) mass is 300 g/mol. The molecule has 2 unspecified atom stereocenters. The quantitative estimate of drug-likeness (QED) is 0.898. The van der Waals surface area contributed by atoms with Crippen LogP contribution in [0.1, 0.15) is 54.5 Å². The molecular weight excluding hydrogens is 276 g/mol. The van der Waals surface area contributed by atoms with Crippen molar-refractivity contribution in [2.45, 2.75) is 52.0 Å². The molecule has 0 radical (unpaired) electrons. The summed E-state index contributed by atoms with van der Waals surface area (Å²) >= 11 is 0. The maximum Gasteiger partial charge on any atom is 0.287 e. The average Bonchev–Trinajstić information content (AvgIpc) is 2.80. The van der Waals surface area contributed by atoms with E-state index in [0.29, 0.717) is 18.2 Å².